The summed E-state index contributed by atoms with van der Waals surface area (Å²) in [6.07, 6.45) is 0. The molecule has 0 heterocycles. The highest BCUT2D eigenvalue weighted by molar-refractivity contribution is 5.55. The minimum Gasteiger partial charge on any atom is -1.00 e. The molecule has 0 unspecified atom stereocenters. The van der Waals surface area contributed by atoms with E-state index in [-0.39, 0.29) is 12.4 Å². The van der Waals surface area contributed by atoms with E-state index in [1.165, 1.54) is 5.56 Å². The topological polar surface area (TPSA) is 40.6 Å². The van der Waals surface area contributed by atoms with Crippen LogP contribution >= 0.6 is 0 Å². The Kier molecular flexibility index (Phi) is 6.51. The molecule has 0 atom stereocenters. The zero-order chi connectivity index (χ0) is 14.4. The van der Waals surface area contributed by atoms with Crippen LogP contribution in [0.4, 0.5) is 11.4 Å². The summed E-state index contributed by atoms with van der Waals surface area (Å²) in [7, 11) is 1.67. The molecule has 0 saturated heterocycles. The van der Waals surface area contributed by atoms with Crippen LogP contribution in [-0.2, 0) is 6.54 Å². The summed E-state index contributed by atoms with van der Waals surface area (Å²) >= 11 is 0. The zero-order valence-corrected chi connectivity index (χ0v) is 12.9. The van der Waals surface area contributed by atoms with Gasteiger partial charge in [-0.1, -0.05) is 12.1 Å². The number of diazo groups is 1. The van der Waals surface area contributed by atoms with Crippen LogP contribution in [0.2, 0.25) is 0 Å². The van der Waals surface area contributed by atoms with Gasteiger partial charge in [-0.25, -0.2) is 0 Å². The quantitative estimate of drug-likeness (QED) is 0.780. The lowest BCUT2D eigenvalue weighted by molar-refractivity contribution is -0.00000464. The summed E-state index contributed by atoms with van der Waals surface area (Å²) in [5.74, 6) is 0.866. The fourth-order valence-corrected chi connectivity index (χ4v) is 2.07. The van der Waals surface area contributed by atoms with Gasteiger partial charge in [-0.15, -0.1) is 0 Å². The largest absolute Gasteiger partial charge is 1.00 e. The van der Waals surface area contributed by atoms with E-state index >= 15 is 0 Å². The molecule has 0 N–H and O–H groups in total. The first-order valence-electron chi connectivity index (χ1n) is 6.60. The Morgan fingerprint density at radius 1 is 1.05 bits per heavy atom. The number of hydrogen-bond donors (Lipinski definition) is 0. The van der Waals surface area contributed by atoms with Gasteiger partial charge in [0.05, 0.1) is 7.11 Å². The molecule has 21 heavy (non-hydrogen) atoms. The van der Waals surface area contributed by atoms with Gasteiger partial charge in [0, 0.05) is 30.9 Å². The van der Waals surface area contributed by atoms with E-state index in [2.05, 4.69) is 28.9 Å². The number of halogens is 1. The molecular formula is C16H18ClN3O. The molecule has 0 amide bonds. The van der Waals surface area contributed by atoms with Gasteiger partial charge >= 0.3 is 5.69 Å². The van der Waals surface area contributed by atoms with Crippen molar-refractivity contribution in [2.75, 3.05) is 18.6 Å². The lowest BCUT2D eigenvalue weighted by Gasteiger charge is -2.23. The molecule has 0 aromatic heterocycles. The summed E-state index contributed by atoms with van der Waals surface area (Å²) < 4.78 is 5.16. The third-order valence-electron chi connectivity index (χ3n) is 3.24. The average Bonchev–Trinajstić information content (AvgIpc) is 2.53. The fourth-order valence-electron chi connectivity index (χ4n) is 2.07. The summed E-state index contributed by atoms with van der Waals surface area (Å²) in [6.45, 7) is 3.85. The van der Waals surface area contributed by atoms with Crippen molar-refractivity contribution < 1.29 is 17.1 Å². The third kappa shape index (κ3) is 4.37. The standard InChI is InChI=1S/C16H18N3O.ClH/c1-3-19(15-8-6-14(18-17)7-9-15)12-13-4-10-16(20-2)11-5-13;/h4-11H,3,12H2,1-2H3;1H/q+1;/p-1. The number of rotatable bonds is 5. The SMILES string of the molecule is CCN(Cc1ccc(OC)cc1)c1ccc([N+]#N)cc1.[Cl-]. The number of ether oxygens (including phenoxy) is 1. The van der Waals surface area contributed by atoms with Crippen molar-refractivity contribution in [1.29, 1.82) is 5.39 Å². The van der Waals surface area contributed by atoms with Crippen molar-refractivity contribution in [2.45, 2.75) is 13.5 Å². The van der Waals surface area contributed by atoms with Crippen LogP contribution in [0.5, 0.6) is 5.75 Å². The van der Waals surface area contributed by atoms with Gasteiger partial charge in [0.25, 0.3) is 0 Å². The van der Waals surface area contributed by atoms with Gasteiger partial charge in [-0.2, -0.15) is 0 Å². The Bertz CT molecular complexity index is 590. The molecule has 2 aromatic rings. The maximum absolute atomic E-state index is 8.71. The van der Waals surface area contributed by atoms with Crippen LogP contribution in [0.15, 0.2) is 48.5 Å². The smallest absolute Gasteiger partial charge is 0.385 e. The van der Waals surface area contributed by atoms with Crippen molar-refractivity contribution in [1.82, 2.24) is 0 Å². The van der Waals surface area contributed by atoms with E-state index in [0.717, 1.165) is 24.5 Å². The molecule has 4 nitrogen and oxygen atoms in total. The van der Waals surface area contributed by atoms with Crippen LogP contribution in [0.25, 0.3) is 4.98 Å². The zero-order valence-electron chi connectivity index (χ0n) is 12.2. The first-order chi connectivity index (χ1) is 9.76. The average molecular weight is 304 g/mol. The Labute approximate surface area is 131 Å². The Hall–Kier alpha value is -2.25. The number of nitrogens with zero attached hydrogens (tertiary/aromatic N) is 3. The predicted octanol–water partition coefficient (Wildman–Crippen LogP) is 1.21. The molecule has 110 valence electrons. The van der Waals surface area contributed by atoms with E-state index in [4.69, 9.17) is 10.1 Å². The van der Waals surface area contributed by atoms with Gasteiger partial charge in [0.1, 0.15) is 5.75 Å². The van der Waals surface area contributed by atoms with Crippen LogP contribution in [0, 0.1) is 5.39 Å². The van der Waals surface area contributed by atoms with Crippen molar-refractivity contribution in [3.8, 4) is 5.75 Å². The van der Waals surface area contributed by atoms with Crippen molar-refractivity contribution in [2.24, 2.45) is 0 Å². The number of methoxy groups -OCH3 is 1. The predicted molar refractivity (Wildman–Crippen MR) is 80.9 cm³/mol. The molecule has 0 spiro atoms. The third-order valence-corrected chi connectivity index (χ3v) is 3.24. The molecule has 0 saturated carbocycles. The molecule has 5 heteroatoms. The maximum Gasteiger partial charge on any atom is 0.385 e. The Morgan fingerprint density at radius 3 is 2.14 bits per heavy atom. The van der Waals surface area contributed by atoms with E-state index in [1.54, 1.807) is 19.2 Å². The van der Waals surface area contributed by atoms with Gasteiger partial charge in [0.15, 0.2) is 4.98 Å². The Morgan fingerprint density at radius 2 is 1.67 bits per heavy atom. The highest BCUT2D eigenvalue weighted by Crippen LogP contribution is 2.22. The lowest BCUT2D eigenvalue weighted by Crippen LogP contribution is -3.00. The van der Waals surface area contributed by atoms with E-state index in [0.29, 0.717) is 5.69 Å². The number of benzene rings is 2. The van der Waals surface area contributed by atoms with E-state index < -0.39 is 0 Å². The van der Waals surface area contributed by atoms with E-state index in [9.17, 15) is 0 Å². The highest BCUT2D eigenvalue weighted by atomic mass is 35.5. The van der Waals surface area contributed by atoms with Crippen LogP contribution in [-0.4, -0.2) is 13.7 Å². The molecule has 0 bridgehead atoms. The number of anilines is 1. The maximum atomic E-state index is 8.71. The monoisotopic (exact) mass is 303 g/mol. The van der Waals surface area contributed by atoms with Crippen molar-refractivity contribution in [3.63, 3.8) is 0 Å². The first kappa shape index (κ1) is 16.8. The molecule has 2 aromatic carbocycles. The molecular weight excluding hydrogens is 286 g/mol. The number of hydrogen-bond acceptors (Lipinski definition) is 3. The van der Waals surface area contributed by atoms with Crippen LogP contribution in [0.1, 0.15) is 12.5 Å². The van der Waals surface area contributed by atoms with Crippen molar-refractivity contribution in [3.05, 3.63) is 59.1 Å². The van der Waals surface area contributed by atoms with Gasteiger partial charge < -0.3 is 22.0 Å². The second kappa shape index (κ2) is 8.13. The lowest BCUT2D eigenvalue weighted by atomic mass is 10.2. The summed E-state index contributed by atoms with van der Waals surface area (Å²) in [6, 6.07) is 15.6. The van der Waals surface area contributed by atoms with E-state index in [1.807, 2.05) is 24.3 Å². The van der Waals surface area contributed by atoms with Crippen molar-refractivity contribution >= 4 is 11.4 Å². The molecule has 2 rings (SSSR count). The van der Waals surface area contributed by atoms with Crippen LogP contribution in [0.3, 0.4) is 0 Å². The molecule has 0 aliphatic rings. The Balaban J connectivity index is 0.00000220. The minimum atomic E-state index is 0. The normalized spacial score (nSPS) is 9.38. The fraction of sp³-hybridized carbons (Fsp3) is 0.250. The van der Waals surface area contributed by atoms with Gasteiger partial charge in [0.2, 0.25) is 5.39 Å². The molecule has 0 aliphatic heterocycles. The van der Waals surface area contributed by atoms with Gasteiger partial charge in [-0.05, 0) is 36.8 Å². The molecule has 0 radical (unpaired) electrons. The first-order valence-corrected chi connectivity index (χ1v) is 6.60. The molecule has 0 aliphatic carbocycles. The van der Waals surface area contributed by atoms with Gasteiger partial charge in [-0.3, -0.25) is 0 Å². The van der Waals surface area contributed by atoms with Crippen LogP contribution < -0.4 is 22.0 Å². The second-order valence-electron chi connectivity index (χ2n) is 4.48. The second-order valence-corrected chi connectivity index (χ2v) is 4.48. The summed E-state index contributed by atoms with van der Waals surface area (Å²) in [5.41, 5.74) is 2.90. The highest BCUT2D eigenvalue weighted by Gasteiger charge is 2.08. The summed E-state index contributed by atoms with van der Waals surface area (Å²) in [4.78, 5) is 5.42. The minimum absolute atomic E-state index is 0. The summed E-state index contributed by atoms with van der Waals surface area (Å²) in [5, 5.41) is 8.71. The molecule has 0 fully saturated rings.